The van der Waals surface area contributed by atoms with Gasteiger partial charge >= 0.3 is 0 Å². The quantitative estimate of drug-likeness (QED) is 0.838. The largest absolute Gasteiger partial charge is 0.487 e. The molecule has 0 heterocycles. The third kappa shape index (κ3) is 2.80. The molecule has 2 rings (SSSR count). The van der Waals surface area contributed by atoms with E-state index < -0.39 is 0 Å². The van der Waals surface area contributed by atoms with Crippen molar-refractivity contribution in [1.29, 1.82) is 0 Å². The van der Waals surface area contributed by atoms with Gasteiger partial charge in [-0.2, -0.15) is 0 Å². The fourth-order valence-corrected chi connectivity index (χ4v) is 1.69. The van der Waals surface area contributed by atoms with E-state index in [1.165, 1.54) is 29.3 Å². The van der Waals surface area contributed by atoms with Crippen LogP contribution in [0.15, 0.2) is 36.4 Å². The van der Waals surface area contributed by atoms with Crippen LogP contribution in [0.1, 0.15) is 16.7 Å². The van der Waals surface area contributed by atoms with Gasteiger partial charge in [0.05, 0.1) is 5.69 Å². The van der Waals surface area contributed by atoms with Gasteiger partial charge in [0.15, 0.2) is 0 Å². The summed E-state index contributed by atoms with van der Waals surface area (Å²) < 4.78 is 18.6. The first-order valence-electron chi connectivity index (χ1n) is 5.80. The Balaban J connectivity index is 2.11. The first kappa shape index (κ1) is 12.4. The Morgan fingerprint density at radius 2 is 1.83 bits per heavy atom. The second-order valence-electron chi connectivity index (χ2n) is 4.39. The highest BCUT2D eigenvalue weighted by Gasteiger charge is 2.03. The van der Waals surface area contributed by atoms with Crippen LogP contribution in [0, 0.1) is 19.7 Å². The summed E-state index contributed by atoms with van der Waals surface area (Å²) >= 11 is 0. The van der Waals surface area contributed by atoms with E-state index in [2.05, 4.69) is 19.9 Å². The van der Waals surface area contributed by atoms with Gasteiger partial charge in [0.2, 0.25) is 0 Å². The lowest BCUT2D eigenvalue weighted by Crippen LogP contribution is -2.00. The van der Waals surface area contributed by atoms with Crippen LogP contribution >= 0.6 is 0 Å². The number of nitrogen functional groups attached to an aromatic ring is 1. The monoisotopic (exact) mass is 245 g/mol. The summed E-state index contributed by atoms with van der Waals surface area (Å²) in [5.74, 6) is 0.0347. The summed E-state index contributed by atoms with van der Waals surface area (Å²) in [6.07, 6.45) is 0. The van der Waals surface area contributed by atoms with Crippen LogP contribution in [-0.4, -0.2) is 0 Å². The Kier molecular flexibility index (Phi) is 3.51. The normalized spacial score (nSPS) is 10.4. The lowest BCUT2D eigenvalue weighted by Gasteiger charge is -2.10. The van der Waals surface area contributed by atoms with Crippen molar-refractivity contribution in [2.45, 2.75) is 20.5 Å². The Labute approximate surface area is 106 Å². The zero-order valence-corrected chi connectivity index (χ0v) is 10.5. The van der Waals surface area contributed by atoms with E-state index >= 15 is 0 Å². The fourth-order valence-electron chi connectivity index (χ4n) is 1.69. The third-order valence-electron chi connectivity index (χ3n) is 2.94. The predicted molar refractivity (Wildman–Crippen MR) is 71.1 cm³/mol. The molecule has 2 aromatic rings. The number of anilines is 1. The molecule has 0 aromatic heterocycles. The molecule has 18 heavy (non-hydrogen) atoms. The highest BCUT2D eigenvalue weighted by atomic mass is 19.1. The molecule has 0 spiro atoms. The number of aryl methyl sites for hydroxylation is 2. The Morgan fingerprint density at radius 3 is 2.56 bits per heavy atom. The molecule has 2 N–H and O–H groups in total. The van der Waals surface area contributed by atoms with Gasteiger partial charge in [0.1, 0.15) is 18.2 Å². The van der Waals surface area contributed by atoms with Crippen LogP contribution in [0.25, 0.3) is 0 Å². The van der Waals surface area contributed by atoms with Crippen molar-refractivity contribution in [3.63, 3.8) is 0 Å². The van der Waals surface area contributed by atoms with Gasteiger partial charge < -0.3 is 10.5 Å². The zero-order valence-electron chi connectivity index (χ0n) is 10.5. The van der Waals surface area contributed by atoms with Crippen LogP contribution in [0.4, 0.5) is 10.1 Å². The van der Waals surface area contributed by atoms with Crippen molar-refractivity contribution in [2.24, 2.45) is 0 Å². The molecular formula is C15H16FNO. The Morgan fingerprint density at radius 1 is 1.06 bits per heavy atom. The van der Waals surface area contributed by atoms with E-state index in [-0.39, 0.29) is 5.82 Å². The van der Waals surface area contributed by atoms with Gasteiger partial charge in [-0.1, -0.05) is 18.2 Å². The molecule has 94 valence electrons. The maximum atomic E-state index is 13.1. The first-order chi connectivity index (χ1) is 8.56. The standard InChI is InChI=1S/C15H16FNO/c1-10-3-4-12(7-11(10)2)9-18-15-8-13(16)5-6-14(15)17/h3-8H,9,17H2,1-2H3. The van der Waals surface area contributed by atoms with Crippen molar-refractivity contribution < 1.29 is 9.13 Å². The lowest BCUT2D eigenvalue weighted by molar-refractivity contribution is 0.306. The van der Waals surface area contributed by atoms with Gasteiger partial charge in [-0.3, -0.25) is 0 Å². The average molecular weight is 245 g/mol. The number of benzene rings is 2. The molecule has 0 bridgehead atoms. The topological polar surface area (TPSA) is 35.2 Å². The molecule has 0 aliphatic rings. The smallest absolute Gasteiger partial charge is 0.145 e. The summed E-state index contributed by atoms with van der Waals surface area (Å²) in [4.78, 5) is 0. The van der Waals surface area contributed by atoms with E-state index in [0.29, 0.717) is 18.0 Å². The van der Waals surface area contributed by atoms with Crippen LogP contribution in [0.2, 0.25) is 0 Å². The van der Waals surface area contributed by atoms with Gasteiger partial charge in [0.25, 0.3) is 0 Å². The van der Waals surface area contributed by atoms with Crippen molar-refractivity contribution in [3.05, 3.63) is 58.9 Å². The van der Waals surface area contributed by atoms with E-state index in [0.717, 1.165) is 5.56 Å². The zero-order chi connectivity index (χ0) is 13.1. The Bertz CT molecular complexity index is 566. The van der Waals surface area contributed by atoms with Crippen LogP contribution in [0.5, 0.6) is 5.75 Å². The number of ether oxygens (including phenoxy) is 1. The van der Waals surface area contributed by atoms with E-state index in [1.807, 2.05) is 12.1 Å². The van der Waals surface area contributed by atoms with Crippen LogP contribution in [-0.2, 0) is 6.61 Å². The van der Waals surface area contributed by atoms with Crippen molar-refractivity contribution in [2.75, 3.05) is 5.73 Å². The van der Waals surface area contributed by atoms with Crippen molar-refractivity contribution in [1.82, 2.24) is 0 Å². The molecular weight excluding hydrogens is 229 g/mol. The number of halogens is 1. The number of rotatable bonds is 3. The lowest BCUT2D eigenvalue weighted by atomic mass is 10.1. The molecule has 0 aliphatic heterocycles. The second kappa shape index (κ2) is 5.08. The molecule has 2 aromatic carbocycles. The minimum absolute atomic E-state index is 0.348. The van der Waals surface area contributed by atoms with Gasteiger partial charge in [-0.05, 0) is 42.7 Å². The van der Waals surface area contributed by atoms with E-state index in [9.17, 15) is 4.39 Å². The van der Waals surface area contributed by atoms with Gasteiger partial charge in [-0.15, -0.1) is 0 Å². The summed E-state index contributed by atoms with van der Waals surface area (Å²) in [6, 6.07) is 10.2. The molecule has 0 saturated heterocycles. The fraction of sp³-hybridized carbons (Fsp3) is 0.200. The molecule has 0 radical (unpaired) electrons. The summed E-state index contributed by atoms with van der Waals surface area (Å²) in [5, 5.41) is 0. The minimum Gasteiger partial charge on any atom is -0.487 e. The SMILES string of the molecule is Cc1ccc(COc2cc(F)ccc2N)cc1C. The maximum Gasteiger partial charge on any atom is 0.145 e. The highest BCUT2D eigenvalue weighted by Crippen LogP contribution is 2.23. The third-order valence-corrected chi connectivity index (χ3v) is 2.94. The molecule has 2 nitrogen and oxygen atoms in total. The number of hydrogen-bond donors (Lipinski definition) is 1. The first-order valence-corrected chi connectivity index (χ1v) is 5.80. The predicted octanol–water partition coefficient (Wildman–Crippen LogP) is 3.60. The van der Waals surface area contributed by atoms with Gasteiger partial charge in [-0.25, -0.2) is 4.39 Å². The van der Waals surface area contributed by atoms with Crippen molar-refractivity contribution in [3.8, 4) is 5.75 Å². The maximum absolute atomic E-state index is 13.1. The average Bonchev–Trinajstić information content (AvgIpc) is 2.34. The summed E-state index contributed by atoms with van der Waals surface area (Å²) in [7, 11) is 0. The van der Waals surface area contributed by atoms with Crippen LogP contribution in [0.3, 0.4) is 0 Å². The molecule has 0 unspecified atom stereocenters. The van der Waals surface area contributed by atoms with E-state index in [1.54, 1.807) is 0 Å². The highest BCUT2D eigenvalue weighted by molar-refractivity contribution is 5.52. The summed E-state index contributed by atoms with van der Waals surface area (Å²) in [6.45, 7) is 4.49. The minimum atomic E-state index is -0.348. The molecule has 3 heteroatoms. The molecule has 0 fully saturated rings. The molecule has 0 atom stereocenters. The van der Waals surface area contributed by atoms with Crippen LogP contribution < -0.4 is 10.5 Å². The molecule has 0 amide bonds. The van der Waals surface area contributed by atoms with E-state index in [4.69, 9.17) is 10.5 Å². The second-order valence-corrected chi connectivity index (χ2v) is 4.39. The Hall–Kier alpha value is -2.03. The summed E-state index contributed by atoms with van der Waals surface area (Å²) in [5.41, 5.74) is 9.66. The molecule has 0 saturated carbocycles. The number of nitrogens with two attached hydrogens (primary N) is 1. The van der Waals surface area contributed by atoms with Crippen molar-refractivity contribution >= 4 is 5.69 Å². The number of hydrogen-bond acceptors (Lipinski definition) is 2. The van der Waals surface area contributed by atoms with Gasteiger partial charge in [0, 0.05) is 6.07 Å². The molecule has 0 aliphatic carbocycles.